The molecule has 0 N–H and O–H groups in total. The van der Waals surface area contributed by atoms with Gasteiger partial charge in [0.2, 0.25) is 0 Å². The van der Waals surface area contributed by atoms with E-state index in [4.69, 9.17) is 0 Å². The van der Waals surface area contributed by atoms with Gasteiger partial charge in [0.25, 0.3) is 0 Å². The predicted octanol–water partition coefficient (Wildman–Crippen LogP) is 2.44. The second kappa shape index (κ2) is 4.85. The number of hydrogen-bond acceptors (Lipinski definition) is 2. The number of aldehydes is 1. The first-order valence-electron chi connectivity index (χ1n) is 3.56. The van der Waals surface area contributed by atoms with E-state index < -0.39 is 0 Å². The molecule has 0 spiro atoms. The number of carbonyl (C=O) groups is 1. The molecule has 0 bridgehead atoms. The highest BCUT2D eigenvalue weighted by Gasteiger charge is 1.89. The first-order valence-corrected chi connectivity index (χ1v) is 4.44. The minimum Gasteiger partial charge on any atom is -0.299 e. The maximum atomic E-state index is 9.88. The van der Waals surface area contributed by atoms with Crippen LogP contribution in [0.15, 0.2) is 29.7 Å². The highest BCUT2D eigenvalue weighted by molar-refractivity contribution is 7.09. The molecule has 1 nitrogen and oxygen atoms in total. The molecule has 1 aromatic rings. The van der Waals surface area contributed by atoms with Gasteiger partial charge in [-0.2, -0.15) is 0 Å². The van der Waals surface area contributed by atoms with Crippen LogP contribution in [0, 0.1) is 0 Å². The Labute approximate surface area is 70.4 Å². The average Bonchev–Trinajstić information content (AvgIpc) is 2.50. The van der Waals surface area contributed by atoms with Crippen LogP contribution < -0.4 is 0 Å². The van der Waals surface area contributed by atoms with E-state index in [-0.39, 0.29) is 0 Å². The third kappa shape index (κ3) is 3.14. The Hall–Kier alpha value is -0.890. The molecule has 0 atom stereocenters. The zero-order valence-electron chi connectivity index (χ0n) is 6.19. The van der Waals surface area contributed by atoms with Crippen LogP contribution in [0.4, 0.5) is 0 Å². The molecule has 0 amide bonds. The van der Waals surface area contributed by atoms with Gasteiger partial charge >= 0.3 is 0 Å². The van der Waals surface area contributed by atoms with E-state index in [1.165, 1.54) is 4.88 Å². The van der Waals surface area contributed by atoms with E-state index in [2.05, 4.69) is 11.4 Å². The zero-order chi connectivity index (χ0) is 7.94. The third-order valence-corrected chi connectivity index (χ3v) is 2.29. The second-order valence-corrected chi connectivity index (χ2v) is 3.21. The van der Waals surface area contributed by atoms with E-state index >= 15 is 0 Å². The van der Waals surface area contributed by atoms with Gasteiger partial charge < -0.3 is 0 Å². The summed E-state index contributed by atoms with van der Waals surface area (Å²) in [6.07, 6.45) is 6.26. The summed E-state index contributed by atoms with van der Waals surface area (Å²) in [5.41, 5.74) is 0. The van der Waals surface area contributed by atoms with Gasteiger partial charge in [0, 0.05) is 4.88 Å². The van der Waals surface area contributed by atoms with Crippen molar-refractivity contribution in [2.75, 3.05) is 0 Å². The Morgan fingerprint density at radius 3 is 3.09 bits per heavy atom. The molecule has 1 aromatic heterocycles. The van der Waals surface area contributed by atoms with Gasteiger partial charge in [-0.1, -0.05) is 12.1 Å². The van der Waals surface area contributed by atoms with Crippen molar-refractivity contribution in [3.05, 3.63) is 34.5 Å². The lowest BCUT2D eigenvalue weighted by atomic mass is 10.2. The van der Waals surface area contributed by atoms with E-state index in [9.17, 15) is 4.79 Å². The van der Waals surface area contributed by atoms with Gasteiger partial charge in [0.05, 0.1) is 0 Å². The lowest BCUT2D eigenvalue weighted by molar-refractivity contribution is -0.104. The number of rotatable bonds is 4. The molecule has 0 unspecified atom stereocenters. The standard InChI is InChI=1S/C9H10OS/c10-7-3-1-2-5-9-6-4-8-11-9/h1,3-4,6-8H,2,5H2. The molecular formula is C9H10OS. The summed E-state index contributed by atoms with van der Waals surface area (Å²) >= 11 is 1.76. The zero-order valence-corrected chi connectivity index (χ0v) is 7.01. The number of allylic oxidation sites excluding steroid dienone is 2. The lowest BCUT2D eigenvalue weighted by Crippen LogP contribution is -1.75. The van der Waals surface area contributed by atoms with Crippen molar-refractivity contribution in [3.8, 4) is 0 Å². The molecular weight excluding hydrogens is 156 g/mol. The summed E-state index contributed by atoms with van der Waals surface area (Å²) in [6, 6.07) is 4.16. The molecule has 58 valence electrons. The van der Waals surface area contributed by atoms with Crippen molar-refractivity contribution < 1.29 is 4.79 Å². The molecule has 0 aliphatic carbocycles. The Morgan fingerprint density at radius 1 is 1.55 bits per heavy atom. The third-order valence-electron chi connectivity index (χ3n) is 1.35. The number of carbonyl (C=O) groups excluding carboxylic acids is 1. The molecule has 11 heavy (non-hydrogen) atoms. The first-order chi connectivity index (χ1) is 5.43. The Morgan fingerprint density at radius 2 is 2.45 bits per heavy atom. The fraction of sp³-hybridized carbons (Fsp3) is 0.222. The fourth-order valence-corrected chi connectivity index (χ4v) is 1.56. The van der Waals surface area contributed by atoms with E-state index in [1.807, 2.05) is 12.1 Å². The maximum absolute atomic E-state index is 9.88. The van der Waals surface area contributed by atoms with Crippen molar-refractivity contribution in [2.45, 2.75) is 12.8 Å². The van der Waals surface area contributed by atoms with Crippen molar-refractivity contribution in [1.82, 2.24) is 0 Å². The summed E-state index contributed by atoms with van der Waals surface area (Å²) in [5, 5.41) is 2.07. The first kappa shape index (κ1) is 8.21. The summed E-state index contributed by atoms with van der Waals surface area (Å²) in [4.78, 5) is 11.3. The summed E-state index contributed by atoms with van der Waals surface area (Å²) in [7, 11) is 0. The lowest BCUT2D eigenvalue weighted by Gasteiger charge is -1.88. The number of hydrogen-bond donors (Lipinski definition) is 0. The molecule has 0 aliphatic rings. The highest BCUT2D eigenvalue weighted by atomic mass is 32.1. The molecule has 2 heteroatoms. The van der Waals surface area contributed by atoms with Crippen LogP contribution in [-0.4, -0.2) is 6.29 Å². The largest absolute Gasteiger partial charge is 0.299 e. The molecule has 0 saturated heterocycles. The van der Waals surface area contributed by atoms with Crippen LogP contribution in [0.5, 0.6) is 0 Å². The van der Waals surface area contributed by atoms with E-state index in [0.717, 1.165) is 19.1 Å². The maximum Gasteiger partial charge on any atom is 0.142 e. The van der Waals surface area contributed by atoms with Crippen LogP contribution in [-0.2, 0) is 11.2 Å². The molecule has 1 heterocycles. The van der Waals surface area contributed by atoms with E-state index in [1.54, 1.807) is 17.4 Å². The van der Waals surface area contributed by atoms with Crippen LogP contribution in [0.2, 0.25) is 0 Å². The molecule has 0 aromatic carbocycles. The fourth-order valence-electron chi connectivity index (χ4n) is 0.832. The van der Waals surface area contributed by atoms with Crippen molar-refractivity contribution >= 4 is 17.6 Å². The van der Waals surface area contributed by atoms with E-state index in [0.29, 0.717) is 0 Å². The molecule has 1 rings (SSSR count). The molecule has 0 aliphatic heterocycles. The van der Waals surface area contributed by atoms with Gasteiger partial charge in [-0.25, -0.2) is 0 Å². The number of aryl methyl sites for hydroxylation is 1. The molecule has 0 saturated carbocycles. The monoisotopic (exact) mass is 166 g/mol. The molecule has 0 fully saturated rings. The van der Waals surface area contributed by atoms with Crippen molar-refractivity contribution in [1.29, 1.82) is 0 Å². The Kier molecular flexibility index (Phi) is 3.62. The van der Waals surface area contributed by atoms with Gasteiger partial charge in [-0.15, -0.1) is 11.3 Å². The minimum atomic E-state index is 0.814. The second-order valence-electron chi connectivity index (χ2n) is 2.18. The highest BCUT2D eigenvalue weighted by Crippen LogP contribution is 2.10. The quantitative estimate of drug-likeness (QED) is 0.496. The van der Waals surface area contributed by atoms with Gasteiger partial charge in [-0.05, 0) is 30.4 Å². The van der Waals surface area contributed by atoms with Gasteiger partial charge in [-0.3, -0.25) is 4.79 Å². The Bertz CT molecular complexity index is 224. The topological polar surface area (TPSA) is 17.1 Å². The predicted molar refractivity (Wildman–Crippen MR) is 47.8 cm³/mol. The normalized spacial score (nSPS) is 10.5. The Balaban J connectivity index is 2.23. The summed E-state index contributed by atoms with van der Waals surface area (Å²) in [6.45, 7) is 0. The smallest absolute Gasteiger partial charge is 0.142 e. The number of thiophene rings is 1. The SMILES string of the molecule is O=CC=CCCc1cccs1. The van der Waals surface area contributed by atoms with Crippen molar-refractivity contribution in [3.63, 3.8) is 0 Å². The van der Waals surface area contributed by atoms with Gasteiger partial charge in [0.15, 0.2) is 0 Å². The molecule has 0 radical (unpaired) electrons. The average molecular weight is 166 g/mol. The van der Waals surface area contributed by atoms with Crippen LogP contribution >= 0.6 is 11.3 Å². The van der Waals surface area contributed by atoms with Crippen LogP contribution in [0.3, 0.4) is 0 Å². The van der Waals surface area contributed by atoms with Crippen molar-refractivity contribution in [2.24, 2.45) is 0 Å². The van der Waals surface area contributed by atoms with Gasteiger partial charge in [0.1, 0.15) is 6.29 Å². The summed E-state index contributed by atoms with van der Waals surface area (Å²) in [5.74, 6) is 0. The minimum absolute atomic E-state index is 0.814. The van der Waals surface area contributed by atoms with Crippen LogP contribution in [0.1, 0.15) is 11.3 Å². The summed E-state index contributed by atoms with van der Waals surface area (Å²) < 4.78 is 0. The van der Waals surface area contributed by atoms with Crippen LogP contribution in [0.25, 0.3) is 0 Å².